The fourth-order valence-corrected chi connectivity index (χ4v) is 3.58. The second-order valence-corrected chi connectivity index (χ2v) is 8.45. The van der Waals surface area contributed by atoms with Gasteiger partial charge in [-0.25, -0.2) is 0 Å². The molecule has 0 spiro atoms. The number of carbonyl (C=O) groups excluding carboxylic acids is 1. The molecule has 174 valence electrons. The highest BCUT2D eigenvalue weighted by atomic mass is 79.9. The number of hydrogen-bond donors (Lipinski definition) is 1. The molecule has 3 rings (SSSR count). The lowest BCUT2D eigenvalue weighted by atomic mass is 10.1. The topological polar surface area (TPSA) is 62.1 Å². The second-order valence-electron chi connectivity index (χ2n) is 7.60. The normalized spacial score (nSPS) is 11.6. The van der Waals surface area contributed by atoms with Gasteiger partial charge in [0.15, 0.2) is 0 Å². The van der Waals surface area contributed by atoms with Crippen molar-refractivity contribution >= 4 is 33.6 Å². The predicted octanol–water partition coefficient (Wildman–Crippen LogP) is 7.21. The molecule has 0 unspecified atom stereocenters. The lowest BCUT2D eigenvalue weighted by Crippen LogP contribution is -2.14. The van der Waals surface area contributed by atoms with Crippen LogP contribution in [-0.4, -0.2) is 5.91 Å². The van der Waals surface area contributed by atoms with Gasteiger partial charge in [-0.1, -0.05) is 30.3 Å². The third-order valence-electron chi connectivity index (χ3n) is 5.05. The summed E-state index contributed by atoms with van der Waals surface area (Å²) in [6.07, 6.45) is -3.19. The standard InChI is InChI=1S/C26H20BrF3N2O2/c1-16-6-7-19(10-17(16)2)15-34-24-9-8-18(12-23(24)27)11-20(14-31)25(33)32-22-5-3-4-21(13-22)26(28,29)30/h3-13H,15H2,1-2H3,(H,32,33)/b20-11+. The molecule has 8 heteroatoms. The fourth-order valence-electron chi connectivity index (χ4n) is 3.07. The Kier molecular flexibility index (Phi) is 7.79. The average Bonchev–Trinajstić information content (AvgIpc) is 2.78. The lowest BCUT2D eigenvalue weighted by molar-refractivity contribution is -0.137. The number of alkyl halides is 3. The van der Waals surface area contributed by atoms with Crippen molar-refractivity contribution in [3.05, 3.63) is 98.5 Å². The van der Waals surface area contributed by atoms with E-state index in [0.29, 0.717) is 22.4 Å². The van der Waals surface area contributed by atoms with Gasteiger partial charge in [0.1, 0.15) is 24.0 Å². The molecule has 1 amide bonds. The Morgan fingerprint density at radius 3 is 2.50 bits per heavy atom. The van der Waals surface area contributed by atoms with Crippen molar-refractivity contribution < 1.29 is 22.7 Å². The summed E-state index contributed by atoms with van der Waals surface area (Å²) >= 11 is 3.43. The molecule has 0 saturated heterocycles. The Hall–Kier alpha value is -3.57. The number of aryl methyl sites for hydroxylation is 2. The minimum Gasteiger partial charge on any atom is -0.488 e. The van der Waals surface area contributed by atoms with E-state index in [0.717, 1.165) is 17.7 Å². The molecule has 0 saturated carbocycles. The first-order chi connectivity index (χ1) is 16.1. The van der Waals surface area contributed by atoms with Crippen LogP contribution in [0.1, 0.15) is 27.8 Å². The summed E-state index contributed by atoms with van der Waals surface area (Å²) < 4.78 is 45.1. The van der Waals surface area contributed by atoms with Crippen LogP contribution in [0.4, 0.5) is 18.9 Å². The Balaban J connectivity index is 1.72. The molecule has 1 N–H and O–H groups in total. The van der Waals surface area contributed by atoms with Gasteiger partial charge in [-0.3, -0.25) is 4.79 Å². The Bertz CT molecular complexity index is 1290. The molecule has 3 aromatic rings. The average molecular weight is 529 g/mol. The Morgan fingerprint density at radius 1 is 1.09 bits per heavy atom. The third kappa shape index (κ3) is 6.49. The zero-order valence-electron chi connectivity index (χ0n) is 18.3. The van der Waals surface area contributed by atoms with Gasteiger partial charge < -0.3 is 10.1 Å². The van der Waals surface area contributed by atoms with E-state index in [1.807, 2.05) is 26.0 Å². The minimum atomic E-state index is -4.54. The SMILES string of the molecule is Cc1ccc(COc2ccc(/C=C(\C#N)C(=O)Nc3cccc(C(F)(F)F)c3)cc2Br)cc1C. The Labute approximate surface area is 203 Å². The van der Waals surface area contributed by atoms with Crippen LogP contribution in [0.5, 0.6) is 5.75 Å². The summed E-state index contributed by atoms with van der Waals surface area (Å²) in [4.78, 5) is 12.5. The molecule has 0 heterocycles. The predicted molar refractivity (Wildman–Crippen MR) is 128 cm³/mol. The number of nitriles is 1. The number of halogens is 4. The smallest absolute Gasteiger partial charge is 0.416 e. The van der Waals surface area contributed by atoms with Crippen LogP contribution >= 0.6 is 15.9 Å². The fraction of sp³-hybridized carbons (Fsp3) is 0.154. The summed E-state index contributed by atoms with van der Waals surface area (Å²) in [6.45, 7) is 4.45. The maximum Gasteiger partial charge on any atom is 0.416 e. The van der Waals surface area contributed by atoms with Crippen molar-refractivity contribution in [2.24, 2.45) is 0 Å². The van der Waals surface area contributed by atoms with Crippen LogP contribution in [0.2, 0.25) is 0 Å². The molecule has 3 aromatic carbocycles. The van der Waals surface area contributed by atoms with Crippen molar-refractivity contribution in [2.75, 3.05) is 5.32 Å². The van der Waals surface area contributed by atoms with E-state index < -0.39 is 17.6 Å². The van der Waals surface area contributed by atoms with Gasteiger partial charge in [0, 0.05) is 5.69 Å². The summed E-state index contributed by atoms with van der Waals surface area (Å²) in [5.41, 5.74) is 2.73. The van der Waals surface area contributed by atoms with Crippen LogP contribution in [0.3, 0.4) is 0 Å². The van der Waals surface area contributed by atoms with Crippen LogP contribution in [0.15, 0.2) is 70.7 Å². The molecule has 0 aromatic heterocycles. The minimum absolute atomic E-state index is 0.0581. The number of nitrogens with one attached hydrogen (secondary N) is 1. The van der Waals surface area contributed by atoms with E-state index in [9.17, 15) is 23.2 Å². The highest BCUT2D eigenvalue weighted by Crippen LogP contribution is 2.31. The first-order valence-electron chi connectivity index (χ1n) is 10.2. The van der Waals surface area contributed by atoms with Crippen molar-refractivity contribution in [1.82, 2.24) is 0 Å². The molecule has 4 nitrogen and oxygen atoms in total. The molecule has 0 aliphatic carbocycles. The number of benzene rings is 3. The van der Waals surface area contributed by atoms with Crippen LogP contribution in [0.25, 0.3) is 6.08 Å². The van der Waals surface area contributed by atoms with Crippen LogP contribution < -0.4 is 10.1 Å². The van der Waals surface area contributed by atoms with Gasteiger partial charge >= 0.3 is 6.18 Å². The highest BCUT2D eigenvalue weighted by Gasteiger charge is 2.30. The number of nitrogens with zero attached hydrogens (tertiary/aromatic N) is 1. The van der Waals surface area contributed by atoms with Gasteiger partial charge in [-0.2, -0.15) is 18.4 Å². The third-order valence-corrected chi connectivity index (χ3v) is 5.67. The zero-order valence-corrected chi connectivity index (χ0v) is 19.9. The summed E-state index contributed by atoms with van der Waals surface area (Å²) in [5, 5.41) is 11.7. The highest BCUT2D eigenvalue weighted by molar-refractivity contribution is 9.10. The second kappa shape index (κ2) is 10.6. The number of carbonyl (C=O) groups is 1. The molecule has 34 heavy (non-hydrogen) atoms. The quantitative estimate of drug-likeness (QED) is 0.271. The number of amides is 1. The molecular weight excluding hydrogens is 509 g/mol. The summed E-state index contributed by atoms with van der Waals surface area (Å²) in [7, 11) is 0. The number of hydrogen-bond acceptors (Lipinski definition) is 3. The first kappa shape index (κ1) is 25.1. The van der Waals surface area contributed by atoms with Crippen molar-refractivity contribution in [3.8, 4) is 11.8 Å². The summed E-state index contributed by atoms with van der Waals surface area (Å²) in [6, 6.07) is 17.2. The van der Waals surface area contributed by atoms with Gasteiger partial charge in [0.2, 0.25) is 0 Å². The van der Waals surface area contributed by atoms with Crippen molar-refractivity contribution in [3.63, 3.8) is 0 Å². The van der Waals surface area contributed by atoms with Gasteiger partial charge in [-0.15, -0.1) is 0 Å². The molecular formula is C26H20BrF3N2O2. The van der Waals surface area contributed by atoms with E-state index in [-0.39, 0.29) is 11.3 Å². The molecule has 0 aliphatic heterocycles. The van der Waals surface area contributed by atoms with Gasteiger partial charge in [-0.05, 0) is 88.4 Å². The molecule has 0 fully saturated rings. The van der Waals surface area contributed by atoms with E-state index in [2.05, 4.69) is 27.3 Å². The lowest BCUT2D eigenvalue weighted by Gasteiger charge is -2.11. The van der Waals surface area contributed by atoms with Crippen LogP contribution in [0, 0.1) is 25.2 Å². The van der Waals surface area contributed by atoms with Gasteiger partial charge in [0.05, 0.1) is 10.0 Å². The maximum atomic E-state index is 12.9. The zero-order chi connectivity index (χ0) is 24.9. The van der Waals surface area contributed by atoms with Crippen molar-refractivity contribution in [1.29, 1.82) is 5.26 Å². The summed E-state index contributed by atoms with van der Waals surface area (Å²) in [5.74, 6) is -0.227. The maximum absolute atomic E-state index is 12.9. The molecule has 0 atom stereocenters. The number of ether oxygens (including phenoxy) is 1. The largest absolute Gasteiger partial charge is 0.488 e. The van der Waals surface area contributed by atoms with Crippen molar-refractivity contribution in [2.45, 2.75) is 26.6 Å². The molecule has 0 radical (unpaired) electrons. The van der Waals surface area contributed by atoms with Crippen LogP contribution in [-0.2, 0) is 17.6 Å². The number of anilines is 1. The van der Waals surface area contributed by atoms with E-state index in [1.54, 1.807) is 24.3 Å². The van der Waals surface area contributed by atoms with E-state index in [1.165, 1.54) is 29.3 Å². The number of rotatable bonds is 6. The van der Waals surface area contributed by atoms with Gasteiger partial charge in [0.25, 0.3) is 5.91 Å². The Morgan fingerprint density at radius 2 is 1.85 bits per heavy atom. The molecule has 0 bridgehead atoms. The van der Waals surface area contributed by atoms with E-state index >= 15 is 0 Å². The molecule has 0 aliphatic rings. The van der Waals surface area contributed by atoms with E-state index in [4.69, 9.17) is 4.74 Å². The monoisotopic (exact) mass is 528 g/mol. The first-order valence-corrected chi connectivity index (χ1v) is 10.9.